The third kappa shape index (κ3) is 5.61. The molecule has 8 nitrogen and oxygen atoms in total. The third-order valence-electron chi connectivity index (χ3n) is 6.78. The molecule has 4 aromatic rings. The van der Waals surface area contributed by atoms with Crippen LogP contribution < -0.4 is 10.2 Å². The van der Waals surface area contributed by atoms with Crippen LogP contribution >= 0.6 is 0 Å². The molecule has 37 heavy (non-hydrogen) atoms. The van der Waals surface area contributed by atoms with Crippen LogP contribution in [0.25, 0.3) is 10.9 Å². The summed E-state index contributed by atoms with van der Waals surface area (Å²) in [5, 5.41) is 3.78. The van der Waals surface area contributed by atoms with Crippen LogP contribution in [0.1, 0.15) is 46.1 Å². The molecule has 1 aromatic carbocycles. The normalized spacial score (nSPS) is 16.1. The first-order chi connectivity index (χ1) is 17.8. The van der Waals surface area contributed by atoms with Gasteiger partial charge in [0.05, 0.1) is 34.5 Å². The number of hydrogen-bond acceptors (Lipinski definition) is 7. The molecule has 4 heterocycles. The molecule has 1 aliphatic heterocycles. The van der Waals surface area contributed by atoms with E-state index in [0.29, 0.717) is 22.7 Å². The quantitative estimate of drug-likeness (QED) is 0.413. The smallest absolute Gasteiger partial charge is 0.251 e. The van der Waals surface area contributed by atoms with Gasteiger partial charge in [-0.1, -0.05) is 6.07 Å². The fourth-order valence-corrected chi connectivity index (χ4v) is 5.80. The van der Waals surface area contributed by atoms with Gasteiger partial charge in [-0.3, -0.25) is 19.7 Å². The van der Waals surface area contributed by atoms with E-state index in [1.807, 2.05) is 18.3 Å². The molecule has 1 N–H and O–H groups in total. The molecule has 0 bridgehead atoms. The molecule has 0 radical (unpaired) electrons. The van der Waals surface area contributed by atoms with Crippen molar-refractivity contribution in [1.29, 1.82) is 0 Å². The highest BCUT2D eigenvalue weighted by atomic mass is 32.2. The topological polar surface area (TPSA) is 105 Å². The number of sulfone groups is 1. The van der Waals surface area contributed by atoms with Gasteiger partial charge in [-0.25, -0.2) is 8.42 Å². The monoisotopic (exact) mass is 515 g/mol. The molecule has 190 valence electrons. The lowest BCUT2D eigenvalue weighted by atomic mass is 9.93. The molecule has 0 saturated carbocycles. The van der Waals surface area contributed by atoms with Gasteiger partial charge < -0.3 is 10.2 Å². The number of nitrogens with zero attached hydrogens (tertiary/aromatic N) is 4. The number of anilines is 1. The number of amides is 1. The van der Waals surface area contributed by atoms with E-state index in [1.165, 1.54) is 6.07 Å². The third-order valence-corrected chi connectivity index (χ3v) is 8.02. The van der Waals surface area contributed by atoms with Crippen LogP contribution in [0.15, 0.2) is 72.0 Å². The Labute approximate surface area is 216 Å². The second-order valence-corrected chi connectivity index (χ2v) is 11.5. The van der Waals surface area contributed by atoms with E-state index in [-0.39, 0.29) is 17.3 Å². The van der Waals surface area contributed by atoms with Crippen LogP contribution in [0.4, 0.5) is 5.69 Å². The van der Waals surface area contributed by atoms with Crippen molar-refractivity contribution in [3.8, 4) is 0 Å². The summed E-state index contributed by atoms with van der Waals surface area (Å²) in [6.07, 6.45) is 8.77. The highest BCUT2D eigenvalue weighted by molar-refractivity contribution is 7.90. The Hall–Kier alpha value is -3.85. The van der Waals surface area contributed by atoms with Gasteiger partial charge in [-0.05, 0) is 67.8 Å². The van der Waals surface area contributed by atoms with Crippen molar-refractivity contribution in [3.63, 3.8) is 0 Å². The number of fused-ring (bicyclic) bond motifs is 1. The predicted octanol–water partition coefficient (Wildman–Crippen LogP) is 4.05. The number of aryl methyl sites for hydroxylation is 1. The molecular formula is C28H29N5O3S. The molecule has 0 unspecified atom stereocenters. The highest BCUT2D eigenvalue weighted by Gasteiger charge is 2.23. The van der Waals surface area contributed by atoms with Gasteiger partial charge in [0.25, 0.3) is 5.91 Å². The first-order valence-corrected chi connectivity index (χ1v) is 14.2. The van der Waals surface area contributed by atoms with Gasteiger partial charge in [-0.15, -0.1) is 0 Å². The van der Waals surface area contributed by atoms with Crippen LogP contribution in [-0.2, 0) is 16.4 Å². The summed E-state index contributed by atoms with van der Waals surface area (Å²) in [7, 11) is -3.42. The fourth-order valence-electron chi connectivity index (χ4n) is 4.81. The molecule has 1 fully saturated rings. The minimum absolute atomic E-state index is 0.158. The Kier molecular flexibility index (Phi) is 6.88. The SMILES string of the molecule is Cc1ccc(C(=O)NCc2cc3nc([C@H]4CCCN(c5cccnc5)C4)ccc3cn2)cc1S(C)(=O)=O. The number of carbonyl (C=O) groups excluding carboxylic acids is 1. The molecule has 5 rings (SSSR count). The van der Waals surface area contributed by atoms with E-state index in [1.54, 1.807) is 31.5 Å². The molecule has 9 heteroatoms. The van der Waals surface area contributed by atoms with Gasteiger partial charge in [0.2, 0.25) is 0 Å². The largest absolute Gasteiger partial charge is 0.370 e. The van der Waals surface area contributed by atoms with Gasteiger partial charge in [0, 0.05) is 54.3 Å². The molecule has 1 atom stereocenters. The van der Waals surface area contributed by atoms with Crippen molar-refractivity contribution in [3.05, 3.63) is 89.6 Å². The highest BCUT2D eigenvalue weighted by Crippen LogP contribution is 2.29. The maximum Gasteiger partial charge on any atom is 0.251 e. The van der Waals surface area contributed by atoms with E-state index in [9.17, 15) is 13.2 Å². The van der Waals surface area contributed by atoms with E-state index >= 15 is 0 Å². The van der Waals surface area contributed by atoms with E-state index < -0.39 is 9.84 Å². The van der Waals surface area contributed by atoms with Gasteiger partial charge in [-0.2, -0.15) is 0 Å². The molecular weight excluding hydrogens is 486 g/mol. The first-order valence-electron chi connectivity index (χ1n) is 12.3. The lowest BCUT2D eigenvalue weighted by Gasteiger charge is -2.34. The van der Waals surface area contributed by atoms with Crippen LogP contribution in [-0.4, -0.2) is 48.6 Å². The van der Waals surface area contributed by atoms with Crippen molar-refractivity contribution >= 4 is 32.3 Å². The average Bonchev–Trinajstić information content (AvgIpc) is 2.91. The second-order valence-electron chi connectivity index (χ2n) is 9.54. The van der Waals surface area contributed by atoms with Gasteiger partial charge >= 0.3 is 0 Å². The van der Waals surface area contributed by atoms with Crippen LogP contribution in [0.3, 0.4) is 0 Å². The Morgan fingerprint density at radius 1 is 1.14 bits per heavy atom. The maximum atomic E-state index is 12.7. The molecule has 0 aliphatic carbocycles. The summed E-state index contributed by atoms with van der Waals surface area (Å²) >= 11 is 0. The number of piperidine rings is 1. The van der Waals surface area contributed by atoms with Crippen LogP contribution in [0.2, 0.25) is 0 Å². The lowest BCUT2D eigenvalue weighted by molar-refractivity contribution is 0.0950. The van der Waals surface area contributed by atoms with E-state index in [2.05, 4.69) is 38.4 Å². The van der Waals surface area contributed by atoms with Crippen molar-refractivity contribution in [2.75, 3.05) is 24.2 Å². The summed E-state index contributed by atoms with van der Waals surface area (Å²) in [5.74, 6) is -0.0357. The molecule has 3 aromatic heterocycles. The van der Waals surface area contributed by atoms with Crippen molar-refractivity contribution in [1.82, 2.24) is 20.3 Å². The van der Waals surface area contributed by atoms with E-state index in [4.69, 9.17) is 4.98 Å². The minimum Gasteiger partial charge on any atom is -0.370 e. The molecule has 1 aliphatic rings. The van der Waals surface area contributed by atoms with Crippen molar-refractivity contribution in [2.45, 2.75) is 37.1 Å². The number of rotatable bonds is 6. The lowest BCUT2D eigenvalue weighted by Crippen LogP contribution is -2.34. The summed E-state index contributed by atoms with van der Waals surface area (Å²) in [6, 6.07) is 14.8. The van der Waals surface area contributed by atoms with Crippen LogP contribution in [0, 0.1) is 6.92 Å². The number of aromatic nitrogens is 3. The number of benzene rings is 1. The Balaban J connectivity index is 1.30. The zero-order valence-electron chi connectivity index (χ0n) is 20.9. The van der Waals surface area contributed by atoms with Crippen LogP contribution in [0.5, 0.6) is 0 Å². The summed E-state index contributed by atoms with van der Waals surface area (Å²) < 4.78 is 24.0. The summed E-state index contributed by atoms with van der Waals surface area (Å²) in [5.41, 5.74) is 4.61. The Morgan fingerprint density at radius 2 is 2.00 bits per heavy atom. The predicted molar refractivity (Wildman–Crippen MR) is 143 cm³/mol. The Morgan fingerprint density at radius 3 is 2.78 bits per heavy atom. The zero-order chi connectivity index (χ0) is 26.0. The molecule has 1 saturated heterocycles. The number of hydrogen-bond donors (Lipinski definition) is 1. The van der Waals surface area contributed by atoms with Crippen molar-refractivity contribution < 1.29 is 13.2 Å². The zero-order valence-corrected chi connectivity index (χ0v) is 21.7. The second kappa shape index (κ2) is 10.3. The molecule has 1 amide bonds. The standard InChI is InChI=1S/C28H29N5O3S/c1-19-7-8-20(13-27(19)37(2,35)36)28(34)31-16-23-14-26-21(15-30-23)9-10-25(32-26)22-5-4-12-33(18-22)24-6-3-11-29-17-24/h3,6-11,13-15,17,22H,4-5,12,16,18H2,1-2H3,(H,31,34)/t22-/m0/s1. The van der Waals surface area contributed by atoms with Gasteiger partial charge in [0.1, 0.15) is 0 Å². The average molecular weight is 516 g/mol. The fraction of sp³-hybridized carbons (Fsp3) is 0.286. The number of carbonyl (C=O) groups is 1. The minimum atomic E-state index is -3.42. The Bertz CT molecular complexity index is 1560. The van der Waals surface area contributed by atoms with Crippen molar-refractivity contribution in [2.24, 2.45) is 0 Å². The number of pyridine rings is 3. The number of nitrogens with one attached hydrogen (secondary N) is 1. The summed E-state index contributed by atoms with van der Waals surface area (Å²) in [4.78, 5) is 28.9. The maximum absolute atomic E-state index is 12.7. The molecule has 0 spiro atoms. The first kappa shape index (κ1) is 24.8. The van der Waals surface area contributed by atoms with E-state index in [0.717, 1.165) is 54.5 Å². The summed E-state index contributed by atoms with van der Waals surface area (Å²) in [6.45, 7) is 3.82. The van der Waals surface area contributed by atoms with Gasteiger partial charge in [0.15, 0.2) is 9.84 Å².